The molecule has 9 nitrogen and oxygen atoms in total. The number of ether oxygens (including phenoxy) is 1. The summed E-state index contributed by atoms with van der Waals surface area (Å²) in [7, 11) is 0. The Labute approximate surface area is 81.4 Å². The zero-order chi connectivity index (χ0) is 11.4. The lowest BCUT2D eigenvalue weighted by atomic mass is 10.5. The van der Waals surface area contributed by atoms with Crippen LogP contribution in [0.2, 0.25) is 0 Å². The number of carbonyl (C=O) groups excluding carboxylic acids is 1. The van der Waals surface area contributed by atoms with Crippen LogP contribution in [0.3, 0.4) is 0 Å². The van der Waals surface area contributed by atoms with E-state index < -0.39 is 29.6 Å². The van der Waals surface area contributed by atoms with Crippen molar-refractivity contribution < 1.29 is 29.3 Å². The SMILES string of the molecule is O=COc1nc(C(=O)O)nc(C(=O)O)n1. The van der Waals surface area contributed by atoms with E-state index in [4.69, 9.17) is 10.2 Å². The molecule has 1 aromatic heterocycles. The Morgan fingerprint density at radius 3 is 1.87 bits per heavy atom. The summed E-state index contributed by atoms with van der Waals surface area (Å²) in [5.41, 5.74) is 0. The monoisotopic (exact) mass is 213 g/mol. The number of aromatic carboxylic acids is 2. The van der Waals surface area contributed by atoms with E-state index in [0.717, 1.165) is 0 Å². The molecule has 0 saturated heterocycles. The second-order valence-electron chi connectivity index (χ2n) is 2.09. The quantitative estimate of drug-likeness (QED) is 0.590. The maximum Gasteiger partial charge on any atom is 0.374 e. The normalized spacial score (nSPS) is 9.33. The van der Waals surface area contributed by atoms with Crippen LogP contribution in [0.1, 0.15) is 21.2 Å². The number of hydrogen-bond acceptors (Lipinski definition) is 7. The standard InChI is InChI=1S/C6H3N3O6/c10-1-15-6-8-2(4(11)12)7-3(9-6)5(13)14/h1H,(H,11,12)(H,13,14). The van der Waals surface area contributed by atoms with Crippen molar-refractivity contribution in [1.82, 2.24) is 15.0 Å². The lowest BCUT2D eigenvalue weighted by molar-refractivity contribution is -0.121. The molecule has 1 heterocycles. The van der Waals surface area contributed by atoms with Crippen molar-refractivity contribution in [1.29, 1.82) is 0 Å². The van der Waals surface area contributed by atoms with Gasteiger partial charge in [-0.3, -0.25) is 4.79 Å². The van der Waals surface area contributed by atoms with Gasteiger partial charge in [-0.15, -0.1) is 0 Å². The fourth-order valence-electron chi connectivity index (χ4n) is 0.644. The van der Waals surface area contributed by atoms with Crippen molar-refractivity contribution >= 4 is 18.4 Å². The Balaban J connectivity index is 3.25. The predicted octanol–water partition coefficient (Wildman–Crippen LogP) is -1.20. The molecule has 0 saturated carbocycles. The van der Waals surface area contributed by atoms with Crippen LogP contribution in [-0.2, 0) is 4.79 Å². The molecule has 0 bridgehead atoms. The lowest BCUT2D eigenvalue weighted by Gasteiger charge is -1.98. The average molecular weight is 213 g/mol. The van der Waals surface area contributed by atoms with Crippen molar-refractivity contribution in [2.75, 3.05) is 0 Å². The molecule has 0 radical (unpaired) electrons. The molecule has 15 heavy (non-hydrogen) atoms. The van der Waals surface area contributed by atoms with Gasteiger partial charge < -0.3 is 14.9 Å². The maximum absolute atomic E-state index is 10.4. The minimum atomic E-state index is -1.56. The Hall–Kier alpha value is -2.58. The first-order chi connectivity index (χ1) is 7.04. The highest BCUT2D eigenvalue weighted by Gasteiger charge is 2.17. The van der Waals surface area contributed by atoms with Gasteiger partial charge in [0.1, 0.15) is 0 Å². The third kappa shape index (κ3) is 2.43. The molecule has 2 N–H and O–H groups in total. The fourth-order valence-corrected chi connectivity index (χ4v) is 0.644. The van der Waals surface area contributed by atoms with Crippen LogP contribution in [-0.4, -0.2) is 43.6 Å². The molecule has 0 aromatic carbocycles. The minimum absolute atomic E-state index is 0.0629. The molecule has 0 aliphatic rings. The van der Waals surface area contributed by atoms with Crippen LogP contribution in [0.4, 0.5) is 0 Å². The zero-order valence-electron chi connectivity index (χ0n) is 6.95. The summed E-state index contributed by atoms with van der Waals surface area (Å²) in [6, 6.07) is -0.685. The first-order valence-electron chi connectivity index (χ1n) is 3.37. The van der Waals surface area contributed by atoms with Crippen LogP contribution in [0, 0.1) is 0 Å². The minimum Gasteiger partial charge on any atom is -0.475 e. The molecule has 0 aliphatic carbocycles. The largest absolute Gasteiger partial charge is 0.475 e. The fraction of sp³-hybridized carbons (Fsp3) is 0. The Kier molecular flexibility index (Phi) is 2.86. The molecule has 0 fully saturated rings. The van der Waals surface area contributed by atoms with E-state index in [9.17, 15) is 14.4 Å². The summed E-state index contributed by atoms with van der Waals surface area (Å²) in [6.45, 7) is -0.0629. The van der Waals surface area contributed by atoms with Gasteiger partial charge in [0.05, 0.1) is 0 Å². The summed E-state index contributed by atoms with van der Waals surface area (Å²) in [5.74, 6) is -4.76. The van der Waals surface area contributed by atoms with Crippen molar-refractivity contribution in [3.63, 3.8) is 0 Å². The van der Waals surface area contributed by atoms with Crippen molar-refractivity contribution in [3.8, 4) is 6.01 Å². The van der Waals surface area contributed by atoms with Gasteiger partial charge >= 0.3 is 24.4 Å². The van der Waals surface area contributed by atoms with Gasteiger partial charge in [-0.25, -0.2) is 9.59 Å². The van der Waals surface area contributed by atoms with Crippen LogP contribution in [0.5, 0.6) is 6.01 Å². The molecular weight excluding hydrogens is 210 g/mol. The first kappa shape index (κ1) is 10.5. The van der Waals surface area contributed by atoms with E-state index in [2.05, 4.69) is 19.7 Å². The smallest absolute Gasteiger partial charge is 0.374 e. The Morgan fingerprint density at radius 2 is 1.53 bits per heavy atom. The molecule has 0 atom stereocenters. The number of nitrogens with zero attached hydrogens (tertiary/aromatic N) is 3. The van der Waals surface area contributed by atoms with Crippen LogP contribution in [0.15, 0.2) is 0 Å². The number of carbonyl (C=O) groups is 3. The van der Waals surface area contributed by atoms with Gasteiger partial charge in [-0.05, 0) is 0 Å². The summed E-state index contributed by atoms with van der Waals surface area (Å²) in [6.07, 6.45) is 0. The average Bonchev–Trinajstić information content (AvgIpc) is 2.17. The summed E-state index contributed by atoms with van der Waals surface area (Å²) in [4.78, 5) is 40.2. The molecule has 78 valence electrons. The first-order valence-corrected chi connectivity index (χ1v) is 3.37. The number of hydrogen-bond donors (Lipinski definition) is 2. The molecular formula is C6H3N3O6. The van der Waals surface area contributed by atoms with E-state index in [1.165, 1.54) is 0 Å². The molecule has 0 unspecified atom stereocenters. The van der Waals surface area contributed by atoms with Crippen LogP contribution in [0.25, 0.3) is 0 Å². The van der Waals surface area contributed by atoms with E-state index in [1.807, 2.05) is 0 Å². The maximum atomic E-state index is 10.4. The van der Waals surface area contributed by atoms with Crippen molar-refractivity contribution in [2.45, 2.75) is 0 Å². The molecule has 0 aliphatic heterocycles. The van der Waals surface area contributed by atoms with Gasteiger partial charge in [-0.2, -0.15) is 15.0 Å². The molecule has 1 aromatic rings. The number of rotatable bonds is 4. The number of aromatic nitrogens is 3. The topological polar surface area (TPSA) is 140 Å². The highest BCUT2D eigenvalue weighted by molar-refractivity contribution is 5.87. The second kappa shape index (κ2) is 4.09. The van der Waals surface area contributed by atoms with Crippen molar-refractivity contribution in [3.05, 3.63) is 11.6 Å². The molecule has 9 heteroatoms. The number of carboxylic acids is 2. The third-order valence-electron chi connectivity index (χ3n) is 1.15. The van der Waals surface area contributed by atoms with Gasteiger partial charge in [0.2, 0.25) is 11.6 Å². The predicted molar refractivity (Wildman–Crippen MR) is 40.4 cm³/mol. The molecule has 0 amide bonds. The van der Waals surface area contributed by atoms with Crippen LogP contribution >= 0.6 is 0 Å². The van der Waals surface area contributed by atoms with E-state index in [1.54, 1.807) is 0 Å². The second-order valence-corrected chi connectivity index (χ2v) is 2.09. The van der Waals surface area contributed by atoms with E-state index >= 15 is 0 Å². The molecule has 0 spiro atoms. The Morgan fingerprint density at radius 1 is 1.07 bits per heavy atom. The summed E-state index contributed by atoms with van der Waals surface area (Å²) < 4.78 is 4.12. The van der Waals surface area contributed by atoms with Crippen LogP contribution < -0.4 is 4.74 Å². The third-order valence-corrected chi connectivity index (χ3v) is 1.15. The number of carboxylic acid groups (broad SMARTS) is 2. The summed E-state index contributed by atoms with van der Waals surface area (Å²) >= 11 is 0. The van der Waals surface area contributed by atoms with Gasteiger partial charge in [-0.1, -0.05) is 0 Å². The Bertz CT molecular complexity index is 399. The highest BCUT2D eigenvalue weighted by Crippen LogP contribution is 2.03. The lowest BCUT2D eigenvalue weighted by Crippen LogP contribution is -2.14. The van der Waals surface area contributed by atoms with Gasteiger partial charge in [0, 0.05) is 0 Å². The molecule has 1 rings (SSSR count). The van der Waals surface area contributed by atoms with Gasteiger partial charge in [0.25, 0.3) is 0 Å². The zero-order valence-corrected chi connectivity index (χ0v) is 6.95. The van der Waals surface area contributed by atoms with Gasteiger partial charge in [0.15, 0.2) is 0 Å². The van der Waals surface area contributed by atoms with Crippen molar-refractivity contribution in [2.24, 2.45) is 0 Å². The van der Waals surface area contributed by atoms with E-state index in [-0.39, 0.29) is 6.47 Å². The highest BCUT2D eigenvalue weighted by atomic mass is 16.5. The summed E-state index contributed by atoms with van der Waals surface area (Å²) in [5, 5.41) is 17.0. The van der Waals surface area contributed by atoms with E-state index in [0.29, 0.717) is 0 Å².